The molecule has 0 bridgehead atoms. The van der Waals surface area contributed by atoms with Crippen molar-refractivity contribution in [3.63, 3.8) is 0 Å². The van der Waals surface area contributed by atoms with Crippen LogP contribution in [0.2, 0.25) is 0 Å². The molecule has 1 fully saturated rings. The summed E-state index contributed by atoms with van der Waals surface area (Å²) in [5.74, 6) is -0.734. The van der Waals surface area contributed by atoms with Crippen LogP contribution in [-0.4, -0.2) is 49.2 Å². The van der Waals surface area contributed by atoms with E-state index in [0.717, 1.165) is 11.3 Å². The Labute approximate surface area is 159 Å². The van der Waals surface area contributed by atoms with Crippen molar-refractivity contribution in [2.24, 2.45) is 0 Å². The lowest BCUT2D eigenvalue weighted by atomic mass is 10.1. The van der Waals surface area contributed by atoms with Gasteiger partial charge in [-0.05, 0) is 38.1 Å². The lowest BCUT2D eigenvalue weighted by Gasteiger charge is -2.30. The molecule has 2 aromatic carbocycles. The molecule has 0 aliphatic carbocycles. The van der Waals surface area contributed by atoms with Gasteiger partial charge in [-0.15, -0.1) is 0 Å². The van der Waals surface area contributed by atoms with Gasteiger partial charge in [0.25, 0.3) is 5.91 Å². The van der Waals surface area contributed by atoms with Crippen LogP contribution in [0.15, 0.2) is 48.5 Å². The average Bonchev–Trinajstić information content (AvgIpc) is 2.68. The molecule has 0 radical (unpaired) electrons. The van der Waals surface area contributed by atoms with Gasteiger partial charge in [0, 0.05) is 18.8 Å². The van der Waals surface area contributed by atoms with Crippen molar-refractivity contribution in [1.82, 2.24) is 4.90 Å². The number of para-hydroxylation sites is 1. The number of carbonyl (C=O) groups excluding carboxylic acids is 2. The van der Waals surface area contributed by atoms with Crippen molar-refractivity contribution in [3.8, 4) is 0 Å². The molecule has 142 valence electrons. The molecule has 0 aromatic heterocycles. The van der Waals surface area contributed by atoms with E-state index in [0.29, 0.717) is 30.9 Å². The summed E-state index contributed by atoms with van der Waals surface area (Å²) in [6, 6.07) is 15.0. The summed E-state index contributed by atoms with van der Waals surface area (Å²) in [4.78, 5) is 26.4. The van der Waals surface area contributed by atoms with Crippen LogP contribution in [0.3, 0.4) is 0 Å². The Morgan fingerprint density at radius 2 is 1.93 bits per heavy atom. The summed E-state index contributed by atoms with van der Waals surface area (Å²) in [7, 11) is 0. The SMILES string of the molecule is Cc1ccc(Nc2ccccc2C(=O)OCC(=O)N2CCOC(C)C2)cc1. The normalized spacial score (nSPS) is 16.7. The van der Waals surface area contributed by atoms with Crippen LogP contribution in [0.25, 0.3) is 0 Å². The highest BCUT2D eigenvalue weighted by atomic mass is 16.5. The molecule has 3 rings (SSSR count). The Balaban J connectivity index is 1.63. The van der Waals surface area contributed by atoms with E-state index in [1.165, 1.54) is 0 Å². The molecule has 1 heterocycles. The monoisotopic (exact) mass is 368 g/mol. The zero-order chi connectivity index (χ0) is 19.2. The third kappa shape index (κ3) is 5.08. The summed E-state index contributed by atoms with van der Waals surface area (Å²) in [5.41, 5.74) is 3.06. The molecule has 2 aromatic rings. The number of rotatable bonds is 5. The summed E-state index contributed by atoms with van der Waals surface area (Å²) in [6.07, 6.45) is -0.00200. The smallest absolute Gasteiger partial charge is 0.340 e. The highest BCUT2D eigenvalue weighted by molar-refractivity contribution is 5.97. The Morgan fingerprint density at radius 1 is 1.19 bits per heavy atom. The van der Waals surface area contributed by atoms with Crippen LogP contribution in [0, 0.1) is 6.92 Å². The van der Waals surface area contributed by atoms with E-state index < -0.39 is 5.97 Å². The molecule has 1 aliphatic heterocycles. The maximum absolute atomic E-state index is 12.5. The van der Waals surface area contributed by atoms with E-state index in [9.17, 15) is 9.59 Å². The first kappa shape index (κ1) is 18.9. The molecule has 1 unspecified atom stereocenters. The first-order chi connectivity index (χ1) is 13.0. The summed E-state index contributed by atoms with van der Waals surface area (Å²) in [5, 5.41) is 3.22. The number of hydrogen-bond donors (Lipinski definition) is 1. The van der Waals surface area contributed by atoms with Gasteiger partial charge >= 0.3 is 5.97 Å². The van der Waals surface area contributed by atoms with Gasteiger partial charge in [0.2, 0.25) is 0 Å². The third-order valence-corrected chi connectivity index (χ3v) is 4.40. The van der Waals surface area contributed by atoms with Crippen LogP contribution >= 0.6 is 0 Å². The van der Waals surface area contributed by atoms with E-state index in [1.54, 1.807) is 17.0 Å². The lowest BCUT2D eigenvalue weighted by Crippen LogP contribution is -2.46. The van der Waals surface area contributed by atoms with E-state index in [4.69, 9.17) is 9.47 Å². The van der Waals surface area contributed by atoms with Crippen molar-refractivity contribution in [1.29, 1.82) is 0 Å². The second-order valence-corrected chi connectivity index (χ2v) is 6.63. The molecule has 1 saturated heterocycles. The molecule has 6 heteroatoms. The molecule has 27 heavy (non-hydrogen) atoms. The van der Waals surface area contributed by atoms with Crippen molar-refractivity contribution < 1.29 is 19.1 Å². The number of carbonyl (C=O) groups is 2. The van der Waals surface area contributed by atoms with Crippen LogP contribution in [-0.2, 0) is 14.3 Å². The van der Waals surface area contributed by atoms with Crippen LogP contribution in [0.5, 0.6) is 0 Å². The number of nitrogens with zero attached hydrogens (tertiary/aromatic N) is 1. The number of anilines is 2. The van der Waals surface area contributed by atoms with Crippen LogP contribution in [0.4, 0.5) is 11.4 Å². The van der Waals surface area contributed by atoms with Crippen LogP contribution in [0.1, 0.15) is 22.8 Å². The molecule has 0 spiro atoms. The average molecular weight is 368 g/mol. The van der Waals surface area contributed by atoms with Gasteiger partial charge in [0.15, 0.2) is 6.61 Å². The van der Waals surface area contributed by atoms with Gasteiger partial charge in [0.05, 0.1) is 24.0 Å². The van der Waals surface area contributed by atoms with E-state index >= 15 is 0 Å². The molecule has 1 amide bonds. The minimum absolute atomic E-state index is 0.00200. The van der Waals surface area contributed by atoms with Gasteiger partial charge in [0.1, 0.15) is 0 Å². The fourth-order valence-electron chi connectivity index (χ4n) is 2.90. The summed E-state index contributed by atoms with van der Waals surface area (Å²) in [6.45, 7) is 5.20. The van der Waals surface area contributed by atoms with E-state index in [1.807, 2.05) is 50.2 Å². The third-order valence-electron chi connectivity index (χ3n) is 4.40. The van der Waals surface area contributed by atoms with Crippen molar-refractivity contribution >= 4 is 23.3 Å². The van der Waals surface area contributed by atoms with E-state index in [-0.39, 0.29) is 18.6 Å². The molecule has 1 N–H and O–H groups in total. The predicted octanol–water partition coefficient (Wildman–Crippen LogP) is 3.14. The van der Waals surface area contributed by atoms with Crippen molar-refractivity contribution in [3.05, 3.63) is 59.7 Å². The Morgan fingerprint density at radius 3 is 2.67 bits per heavy atom. The number of benzene rings is 2. The Kier molecular flexibility index (Phi) is 6.08. The minimum Gasteiger partial charge on any atom is -0.452 e. The first-order valence-corrected chi connectivity index (χ1v) is 9.02. The van der Waals surface area contributed by atoms with E-state index in [2.05, 4.69) is 5.32 Å². The highest BCUT2D eigenvalue weighted by Gasteiger charge is 2.23. The molecule has 0 saturated carbocycles. The molecule has 1 atom stereocenters. The summed E-state index contributed by atoms with van der Waals surface area (Å²) < 4.78 is 10.7. The first-order valence-electron chi connectivity index (χ1n) is 9.02. The minimum atomic E-state index is -0.528. The maximum atomic E-state index is 12.5. The predicted molar refractivity (Wildman–Crippen MR) is 103 cm³/mol. The number of nitrogens with one attached hydrogen (secondary N) is 1. The number of hydrogen-bond acceptors (Lipinski definition) is 5. The zero-order valence-electron chi connectivity index (χ0n) is 15.6. The number of esters is 1. The second-order valence-electron chi connectivity index (χ2n) is 6.63. The fraction of sp³-hybridized carbons (Fsp3) is 0.333. The summed E-state index contributed by atoms with van der Waals surface area (Å²) >= 11 is 0. The maximum Gasteiger partial charge on any atom is 0.340 e. The van der Waals surface area contributed by atoms with Gasteiger partial charge in [-0.1, -0.05) is 29.8 Å². The standard InChI is InChI=1S/C21H24N2O4/c1-15-7-9-17(10-8-15)22-19-6-4-3-5-18(19)21(25)27-14-20(24)23-11-12-26-16(2)13-23/h3-10,16,22H,11-14H2,1-2H3. The lowest BCUT2D eigenvalue weighted by molar-refractivity contribution is -0.141. The topological polar surface area (TPSA) is 67.9 Å². The zero-order valence-corrected chi connectivity index (χ0v) is 15.6. The largest absolute Gasteiger partial charge is 0.452 e. The molecular weight excluding hydrogens is 344 g/mol. The molecule has 6 nitrogen and oxygen atoms in total. The number of morpholine rings is 1. The van der Waals surface area contributed by atoms with Gasteiger partial charge in [-0.2, -0.15) is 0 Å². The van der Waals surface area contributed by atoms with Crippen LogP contribution < -0.4 is 5.32 Å². The Hall–Kier alpha value is -2.86. The number of ether oxygens (including phenoxy) is 2. The Bertz CT molecular complexity index is 804. The fourth-order valence-corrected chi connectivity index (χ4v) is 2.90. The van der Waals surface area contributed by atoms with Gasteiger partial charge in [-0.25, -0.2) is 4.79 Å². The number of amides is 1. The van der Waals surface area contributed by atoms with Gasteiger partial charge < -0.3 is 19.7 Å². The molecular formula is C21H24N2O4. The molecule has 1 aliphatic rings. The second kappa shape index (κ2) is 8.68. The van der Waals surface area contributed by atoms with Crippen molar-refractivity contribution in [2.75, 3.05) is 31.6 Å². The highest BCUT2D eigenvalue weighted by Crippen LogP contribution is 2.22. The van der Waals surface area contributed by atoms with Crippen molar-refractivity contribution in [2.45, 2.75) is 20.0 Å². The quantitative estimate of drug-likeness (QED) is 0.821. The number of aryl methyl sites for hydroxylation is 1. The van der Waals surface area contributed by atoms with Gasteiger partial charge in [-0.3, -0.25) is 4.79 Å².